The number of ether oxygens (including phenoxy) is 2. The van der Waals surface area contributed by atoms with Gasteiger partial charge in [0.1, 0.15) is 11.9 Å². The molecule has 0 saturated heterocycles. The summed E-state index contributed by atoms with van der Waals surface area (Å²) in [5, 5.41) is 12.5. The lowest BCUT2D eigenvalue weighted by Crippen LogP contribution is -2.49. The van der Waals surface area contributed by atoms with E-state index in [1.807, 2.05) is 0 Å². The summed E-state index contributed by atoms with van der Waals surface area (Å²) in [6.45, 7) is -0.0467. The topological polar surface area (TPSA) is 127 Å². The van der Waals surface area contributed by atoms with Crippen LogP contribution >= 0.6 is 0 Å². The van der Waals surface area contributed by atoms with Gasteiger partial charge in [-0.15, -0.1) is 0 Å². The summed E-state index contributed by atoms with van der Waals surface area (Å²) in [4.78, 5) is 16.2. The molecule has 1 aliphatic heterocycles. The largest absolute Gasteiger partial charge is 0.497 e. The standard InChI is InChI=1S/C21H25N3O6S/c1-29-16-3-2-4-18(11-16)31(27,28)24-19-6-5-17(30-20(19)14-25)12-21(26)23-13-15-7-9-22-10-8-15/h2-11,17,19-20,24-25H,12-14H2,1H3,(H,23,26)/t17-,19-,20+/m0/s1. The van der Waals surface area contributed by atoms with Crippen molar-refractivity contribution in [3.8, 4) is 5.75 Å². The first kappa shape index (κ1) is 22.9. The van der Waals surface area contributed by atoms with Crippen LogP contribution in [0.15, 0.2) is 65.8 Å². The Morgan fingerprint density at radius 3 is 2.71 bits per heavy atom. The van der Waals surface area contributed by atoms with E-state index < -0.39 is 34.9 Å². The number of benzene rings is 1. The van der Waals surface area contributed by atoms with Crippen molar-refractivity contribution in [2.75, 3.05) is 13.7 Å². The second-order valence-corrected chi connectivity index (χ2v) is 8.66. The zero-order valence-electron chi connectivity index (χ0n) is 17.0. The molecule has 0 aliphatic carbocycles. The van der Waals surface area contributed by atoms with Crippen molar-refractivity contribution in [1.82, 2.24) is 15.0 Å². The van der Waals surface area contributed by atoms with Gasteiger partial charge in [0.05, 0.1) is 37.2 Å². The van der Waals surface area contributed by atoms with E-state index in [2.05, 4.69) is 15.0 Å². The van der Waals surface area contributed by atoms with E-state index >= 15 is 0 Å². The molecule has 3 N–H and O–H groups in total. The highest BCUT2D eigenvalue weighted by Gasteiger charge is 2.31. The Morgan fingerprint density at radius 1 is 1.23 bits per heavy atom. The molecule has 0 saturated carbocycles. The Labute approximate surface area is 181 Å². The fourth-order valence-corrected chi connectivity index (χ4v) is 4.34. The van der Waals surface area contributed by atoms with E-state index in [9.17, 15) is 18.3 Å². The highest BCUT2D eigenvalue weighted by Crippen LogP contribution is 2.20. The van der Waals surface area contributed by atoms with Gasteiger partial charge in [-0.2, -0.15) is 0 Å². The van der Waals surface area contributed by atoms with Gasteiger partial charge in [-0.05, 0) is 29.8 Å². The van der Waals surface area contributed by atoms with Gasteiger partial charge in [-0.1, -0.05) is 18.2 Å². The highest BCUT2D eigenvalue weighted by atomic mass is 32.2. The Balaban J connectivity index is 1.60. The molecule has 1 aromatic carbocycles. The number of pyridine rings is 1. The number of sulfonamides is 1. The van der Waals surface area contributed by atoms with E-state index in [0.29, 0.717) is 12.3 Å². The molecule has 2 heterocycles. The molecule has 1 aliphatic rings. The molecule has 0 bridgehead atoms. The molecule has 166 valence electrons. The quantitative estimate of drug-likeness (QED) is 0.484. The number of hydrogen-bond acceptors (Lipinski definition) is 7. The van der Waals surface area contributed by atoms with Gasteiger partial charge in [-0.25, -0.2) is 13.1 Å². The van der Waals surface area contributed by atoms with E-state index in [4.69, 9.17) is 9.47 Å². The van der Waals surface area contributed by atoms with Crippen LogP contribution in [0, 0.1) is 0 Å². The third kappa shape index (κ3) is 6.34. The molecular formula is C21H25N3O6S. The number of nitrogens with one attached hydrogen (secondary N) is 2. The Bertz CT molecular complexity index is 1010. The summed E-state index contributed by atoms with van der Waals surface area (Å²) in [6, 6.07) is 8.89. The number of hydrogen-bond donors (Lipinski definition) is 3. The van der Waals surface area contributed by atoms with Gasteiger partial charge >= 0.3 is 0 Å². The monoisotopic (exact) mass is 447 g/mol. The Hall–Kier alpha value is -2.79. The minimum atomic E-state index is -3.87. The van der Waals surface area contributed by atoms with Crippen molar-refractivity contribution in [2.45, 2.75) is 36.1 Å². The van der Waals surface area contributed by atoms with Crippen LogP contribution < -0.4 is 14.8 Å². The third-order valence-corrected chi connectivity index (χ3v) is 6.19. The number of carbonyl (C=O) groups is 1. The number of methoxy groups -OCH3 is 1. The second kappa shape index (κ2) is 10.5. The molecule has 9 nitrogen and oxygen atoms in total. The lowest BCUT2D eigenvalue weighted by atomic mass is 10.1. The maximum absolute atomic E-state index is 12.7. The van der Waals surface area contributed by atoms with E-state index in [0.717, 1.165) is 5.56 Å². The lowest BCUT2D eigenvalue weighted by Gasteiger charge is -2.31. The molecule has 1 amide bonds. The first-order valence-corrected chi connectivity index (χ1v) is 11.2. The summed E-state index contributed by atoms with van der Waals surface area (Å²) in [5.74, 6) is 0.188. The van der Waals surface area contributed by atoms with Crippen molar-refractivity contribution in [1.29, 1.82) is 0 Å². The third-order valence-electron chi connectivity index (χ3n) is 4.73. The molecule has 0 unspecified atom stereocenters. The van der Waals surface area contributed by atoms with Gasteiger partial charge in [0.25, 0.3) is 0 Å². The zero-order chi connectivity index (χ0) is 22.3. The minimum Gasteiger partial charge on any atom is -0.497 e. The average Bonchev–Trinajstić information content (AvgIpc) is 2.79. The number of nitrogens with zero attached hydrogens (tertiary/aromatic N) is 1. The van der Waals surface area contributed by atoms with Gasteiger partial charge < -0.3 is 19.9 Å². The smallest absolute Gasteiger partial charge is 0.241 e. The van der Waals surface area contributed by atoms with Crippen molar-refractivity contribution >= 4 is 15.9 Å². The van der Waals surface area contributed by atoms with Gasteiger partial charge in [0, 0.05) is 25.0 Å². The summed E-state index contributed by atoms with van der Waals surface area (Å²) in [5.41, 5.74) is 0.920. The van der Waals surface area contributed by atoms with Crippen LogP contribution in [0.25, 0.3) is 0 Å². The molecule has 0 radical (unpaired) electrons. The van der Waals surface area contributed by atoms with E-state index in [-0.39, 0.29) is 17.2 Å². The maximum atomic E-state index is 12.7. The summed E-state index contributed by atoms with van der Waals surface area (Å²) < 4.78 is 38.7. The number of rotatable bonds is 9. The summed E-state index contributed by atoms with van der Waals surface area (Å²) >= 11 is 0. The Morgan fingerprint density at radius 2 is 2.00 bits per heavy atom. The fraction of sp³-hybridized carbons (Fsp3) is 0.333. The van der Waals surface area contributed by atoms with Gasteiger partial charge in [-0.3, -0.25) is 9.78 Å². The zero-order valence-corrected chi connectivity index (χ0v) is 17.8. The molecule has 31 heavy (non-hydrogen) atoms. The number of aliphatic hydroxyl groups excluding tert-OH is 1. The van der Waals surface area contributed by atoms with Crippen LogP contribution in [0.3, 0.4) is 0 Å². The minimum absolute atomic E-state index is 0.0366. The van der Waals surface area contributed by atoms with E-state index in [1.54, 1.807) is 48.8 Å². The lowest BCUT2D eigenvalue weighted by molar-refractivity contribution is -0.125. The number of amides is 1. The van der Waals surface area contributed by atoms with Gasteiger partial charge in [0.15, 0.2) is 0 Å². The summed E-state index contributed by atoms with van der Waals surface area (Å²) in [6.07, 6.45) is 5.16. The van der Waals surface area contributed by atoms with Crippen LogP contribution in [-0.4, -0.2) is 56.4 Å². The highest BCUT2D eigenvalue weighted by molar-refractivity contribution is 7.89. The first-order valence-electron chi connectivity index (χ1n) is 9.68. The molecule has 0 fully saturated rings. The van der Waals surface area contributed by atoms with Crippen LogP contribution in [0.2, 0.25) is 0 Å². The fourth-order valence-electron chi connectivity index (χ4n) is 3.08. The van der Waals surface area contributed by atoms with E-state index in [1.165, 1.54) is 19.2 Å². The van der Waals surface area contributed by atoms with Crippen LogP contribution in [0.4, 0.5) is 0 Å². The molecule has 0 spiro atoms. The van der Waals surface area contributed by atoms with Crippen LogP contribution in [0.1, 0.15) is 12.0 Å². The Kier molecular flexibility index (Phi) is 7.75. The van der Waals surface area contributed by atoms with Crippen molar-refractivity contribution in [3.63, 3.8) is 0 Å². The number of carbonyl (C=O) groups excluding carboxylic acids is 1. The second-order valence-electron chi connectivity index (χ2n) is 6.94. The van der Waals surface area contributed by atoms with Gasteiger partial charge in [0.2, 0.25) is 15.9 Å². The molecule has 1 aromatic heterocycles. The normalized spacial score (nSPS) is 20.9. The maximum Gasteiger partial charge on any atom is 0.241 e. The average molecular weight is 448 g/mol. The SMILES string of the molecule is COc1cccc(S(=O)(=O)N[C@H]2C=C[C@@H](CC(=O)NCc3ccncc3)O[C@@H]2CO)c1. The van der Waals surface area contributed by atoms with Crippen molar-refractivity contribution in [3.05, 3.63) is 66.5 Å². The predicted octanol–water partition coefficient (Wildman–Crippen LogP) is 0.759. The molecule has 2 aromatic rings. The predicted molar refractivity (Wildman–Crippen MR) is 113 cm³/mol. The molecule has 3 atom stereocenters. The first-order chi connectivity index (χ1) is 14.9. The number of aliphatic hydroxyl groups is 1. The van der Waals surface area contributed by atoms with Crippen LogP contribution in [0.5, 0.6) is 5.75 Å². The number of aromatic nitrogens is 1. The molecular weight excluding hydrogens is 422 g/mol. The molecule has 10 heteroatoms. The van der Waals surface area contributed by atoms with Crippen molar-refractivity contribution < 1.29 is 27.8 Å². The molecule has 3 rings (SSSR count). The van der Waals surface area contributed by atoms with Crippen LogP contribution in [-0.2, 0) is 26.1 Å². The summed E-state index contributed by atoms with van der Waals surface area (Å²) in [7, 11) is -2.42. The van der Waals surface area contributed by atoms with Crippen molar-refractivity contribution in [2.24, 2.45) is 0 Å².